The molecule has 5 heteroatoms. The fourth-order valence-corrected chi connectivity index (χ4v) is 2.05. The molecule has 0 aliphatic heterocycles. The van der Waals surface area contributed by atoms with Crippen molar-refractivity contribution in [3.63, 3.8) is 0 Å². The molecule has 2 aromatic carbocycles. The molecule has 2 rings (SSSR count). The average Bonchev–Trinajstić information content (AvgIpc) is 2.34. The largest absolute Gasteiger partial charge is 0.495 e. The number of ether oxygens (including phenoxy) is 1. The standard InChI is InChI=1S/C13H10Cl2FNO/c1-18-12-4-7(2-3-10(12)14)9-5-8(16)6-11(15)13(9)17/h2-6H,17H2,1H3. The van der Waals surface area contributed by atoms with Crippen molar-refractivity contribution in [1.29, 1.82) is 0 Å². The monoisotopic (exact) mass is 285 g/mol. The Morgan fingerprint density at radius 1 is 1.11 bits per heavy atom. The molecule has 18 heavy (non-hydrogen) atoms. The minimum absolute atomic E-state index is 0.180. The molecule has 0 fully saturated rings. The maximum absolute atomic E-state index is 13.4. The minimum Gasteiger partial charge on any atom is -0.495 e. The number of halogens is 3. The third-order valence-corrected chi connectivity index (χ3v) is 3.18. The normalized spacial score (nSPS) is 10.4. The van der Waals surface area contributed by atoms with Crippen LogP contribution in [0, 0.1) is 5.82 Å². The maximum atomic E-state index is 13.4. The van der Waals surface area contributed by atoms with Crippen molar-refractivity contribution < 1.29 is 9.13 Å². The predicted octanol–water partition coefficient (Wildman–Crippen LogP) is 4.39. The summed E-state index contributed by atoms with van der Waals surface area (Å²) in [5.74, 6) is 0.0482. The Bertz CT molecular complexity index is 602. The summed E-state index contributed by atoms with van der Waals surface area (Å²) in [4.78, 5) is 0. The fourth-order valence-electron chi connectivity index (χ4n) is 1.65. The van der Waals surface area contributed by atoms with Crippen LogP contribution in [0.1, 0.15) is 0 Å². The lowest BCUT2D eigenvalue weighted by atomic mass is 10.0. The molecule has 0 bridgehead atoms. The lowest BCUT2D eigenvalue weighted by Gasteiger charge is -2.10. The van der Waals surface area contributed by atoms with Gasteiger partial charge in [-0.25, -0.2) is 4.39 Å². The smallest absolute Gasteiger partial charge is 0.138 e. The van der Waals surface area contributed by atoms with Crippen molar-refractivity contribution in [2.24, 2.45) is 0 Å². The Balaban J connectivity index is 2.62. The second-order valence-electron chi connectivity index (χ2n) is 3.70. The molecule has 0 aliphatic carbocycles. The van der Waals surface area contributed by atoms with Crippen LogP contribution < -0.4 is 10.5 Å². The van der Waals surface area contributed by atoms with E-state index in [1.54, 1.807) is 18.2 Å². The number of hydrogen-bond acceptors (Lipinski definition) is 2. The molecule has 0 atom stereocenters. The van der Waals surface area contributed by atoms with Crippen molar-refractivity contribution >= 4 is 28.9 Å². The van der Waals surface area contributed by atoms with Crippen LogP contribution in [0.4, 0.5) is 10.1 Å². The molecule has 0 radical (unpaired) electrons. The van der Waals surface area contributed by atoms with Crippen LogP contribution in [-0.4, -0.2) is 7.11 Å². The zero-order valence-electron chi connectivity index (χ0n) is 9.51. The lowest BCUT2D eigenvalue weighted by Crippen LogP contribution is -1.94. The second-order valence-corrected chi connectivity index (χ2v) is 4.51. The summed E-state index contributed by atoms with van der Waals surface area (Å²) in [7, 11) is 1.51. The summed E-state index contributed by atoms with van der Waals surface area (Å²) in [6.45, 7) is 0. The van der Waals surface area contributed by atoms with Gasteiger partial charge in [0.15, 0.2) is 0 Å². The highest BCUT2D eigenvalue weighted by Crippen LogP contribution is 2.36. The first kappa shape index (κ1) is 13.0. The topological polar surface area (TPSA) is 35.2 Å². The second kappa shape index (κ2) is 5.04. The third-order valence-electron chi connectivity index (χ3n) is 2.56. The molecule has 0 aliphatic rings. The number of nitrogens with two attached hydrogens (primary N) is 1. The Kier molecular flexibility index (Phi) is 3.64. The van der Waals surface area contributed by atoms with Gasteiger partial charge in [-0.1, -0.05) is 29.3 Å². The Labute approximate surface area is 114 Å². The average molecular weight is 286 g/mol. The Hall–Kier alpha value is -1.45. The first-order valence-electron chi connectivity index (χ1n) is 5.11. The molecule has 0 saturated heterocycles. The first-order chi connectivity index (χ1) is 8.52. The Morgan fingerprint density at radius 2 is 1.83 bits per heavy atom. The number of benzene rings is 2. The van der Waals surface area contributed by atoms with Gasteiger partial charge in [-0.05, 0) is 29.8 Å². The lowest BCUT2D eigenvalue weighted by molar-refractivity contribution is 0.415. The minimum atomic E-state index is -0.446. The van der Waals surface area contributed by atoms with Crippen molar-refractivity contribution in [3.05, 3.63) is 46.2 Å². The van der Waals surface area contributed by atoms with Crippen molar-refractivity contribution in [1.82, 2.24) is 0 Å². The number of nitrogen functional groups attached to an aromatic ring is 1. The van der Waals surface area contributed by atoms with E-state index in [0.717, 1.165) is 0 Å². The molecular weight excluding hydrogens is 276 g/mol. The summed E-state index contributed by atoms with van der Waals surface area (Å²) in [6, 6.07) is 7.57. The van der Waals surface area contributed by atoms with Crippen molar-refractivity contribution in [2.45, 2.75) is 0 Å². The maximum Gasteiger partial charge on any atom is 0.138 e. The first-order valence-corrected chi connectivity index (χ1v) is 5.87. The third kappa shape index (κ3) is 2.37. The number of methoxy groups -OCH3 is 1. The molecule has 2 N–H and O–H groups in total. The highest BCUT2D eigenvalue weighted by molar-refractivity contribution is 6.34. The van der Waals surface area contributed by atoms with Gasteiger partial charge in [-0.2, -0.15) is 0 Å². The number of hydrogen-bond donors (Lipinski definition) is 1. The van der Waals surface area contributed by atoms with E-state index in [9.17, 15) is 4.39 Å². The van der Waals surface area contributed by atoms with Crippen LogP contribution in [0.3, 0.4) is 0 Å². The van der Waals surface area contributed by atoms with Gasteiger partial charge < -0.3 is 10.5 Å². The van der Waals surface area contributed by atoms with E-state index in [4.69, 9.17) is 33.7 Å². The van der Waals surface area contributed by atoms with Crippen LogP contribution in [0.15, 0.2) is 30.3 Å². The predicted molar refractivity (Wildman–Crippen MR) is 72.8 cm³/mol. The van der Waals surface area contributed by atoms with Crippen LogP contribution in [0.2, 0.25) is 10.0 Å². The highest BCUT2D eigenvalue weighted by atomic mass is 35.5. The zero-order valence-corrected chi connectivity index (χ0v) is 11.0. The van der Waals surface area contributed by atoms with E-state index in [2.05, 4.69) is 0 Å². The van der Waals surface area contributed by atoms with Gasteiger partial charge in [-0.3, -0.25) is 0 Å². The van der Waals surface area contributed by atoms with Crippen LogP contribution in [0.25, 0.3) is 11.1 Å². The summed E-state index contributed by atoms with van der Waals surface area (Å²) in [5, 5.41) is 0.654. The zero-order chi connectivity index (χ0) is 13.3. The van der Waals surface area contributed by atoms with E-state index in [1.807, 2.05) is 0 Å². The molecule has 0 heterocycles. The molecule has 2 nitrogen and oxygen atoms in total. The fraction of sp³-hybridized carbons (Fsp3) is 0.0769. The summed E-state index contributed by atoms with van der Waals surface area (Å²) >= 11 is 11.8. The molecule has 0 aromatic heterocycles. The molecule has 0 amide bonds. The van der Waals surface area contributed by atoms with Gasteiger partial charge in [0, 0.05) is 5.56 Å². The van der Waals surface area contributed by atoms with Gasteiger partial charge in [0.05, 0.1) is 22.8 Å². The molecule has 0 unspecified atom stereocenters. The van der Waals surface area contributed by atoms with Crippen molar-refractivity contribution in [2.75, 3.05) is 12.8 Å². The van der Waals surface area contributed by atoms with E-state index < -0.39 is 5.82 Å². The number of anilines is 1. The summed E-state index contributed by atoms with van der Waals surface area (Å²) < 4.78 is 18.5. The van der Waals surface area contributed by atoms with Gasteiger partial charge in [0.1, 0.15) is 11.6 Å². The Morgan fingerprint density at radius 3 is 2.50 bits per heavy atom. The molecule has 0 saturated carbocycles. The van der Waals surface area contributed by atoms with Gasteiger partial charge >= 0.3 is 0 Å². The highest BCUT2D eigenvalue weighted by Gasteiger charge is 2.11. The molecule has 94 valence electrons. The van der Waals surface area contributed by atoms with E-state index in [0.29, 0.717) is 27.6 Å². The molecular formula is C13H10Cl2FNO. The molecule has 2 aromatic rings. The van der Waals surface area contributed by atoms with Crippen LogP contribution in [-0.2, 0) is 0 Å². The van der Waals surface area contributed by atoms with Gasteiger partial charge in [0.2, 0.25) is 0 Å². The van der Waals surface area contributed by atoms with Crippen LogP contribution in [0.5, 0.6) is 5.75 Å². The van der Waals surface area contributed by atoms with E-state index >= 15 is 0 Å². The van der Waals surface area contributed by atoms with Gasteiger partial charge in [-0.15, -0.1) is 0 Å². The summed E-state index contributed by atoms with van der Waals surface area (Å²) in [6.07, 6.45) is 0. The van der Waals surface area contributed by atoms with Crippen molar-refractivity contribution in [3.8, 4) is 16.9 Å². The van der Waals surface area contributed by atoms with E-state index in [-0.39, 0.29) is 5.02 Å². The SMILES string of the molecule is COc1cc(-c2cc(F)cc(Cl)c2N)ccc1Cl. The van der Waals surface area contributed by atoms with E-state index in [1.165, 1.54) is 19.2 Å². The van der Waals surface area contributed by atoms with Gasteiger partial charge in [0.25, 0.3) is 0 Å². The van der Waals surface area contributed by atoms with Crippen LogP contribution >= 0.6 is 23.2 Å². The summed E-state index contributed by atoms with van der Waals surface area (Å²) in [5.41, 5.74) is 7.36. The molecule has 0 spiro atoms. The number of rotatable bonds is 2. The quantitative estimate of drug-likeness (QED) is 0.831.